The van der Waals surface area contributed by atoms with E-state index in [1.807, 2.05) is 25.7 Å². The Balaban J connectivity index is 1.76. The van der Waals surface area contributed by atoms with Gasteiger partial charge in [-0.15, -0.1) is 11.3 Å². The van der Waals surface area contributed by atoms with Crippen LogP contribution in [0.3, 0.4) is 0 Å². The van der Waals surface area contributed by atoms with E-state index in [9.17, 15) is 4.79 Å². The third-order valence-corrected chi connectivity index (χ3v) is 5.66. The fourth-order valence-electron chi connectivity index (χ4n) is 3.11. The Morgan fingerprint density at radius 1 is 1.44 bits per heavy atom. The van der Waals surface area contributed by atoms with Crippen molar-refractivity contribution >= 4 is 23.4 Å². The van der Waals surface area contributed by atoms with Crippen molar-refractivity contribution in [1.82, 2.24) is 15.5 Å². The highest BCUT2D eigenvalue weighted by atomic mass is 32.1. The predicted molar refractivity (Wildman–Crippen MR) is 113 cm³/mol. The van der Waals surface area contributed by atoms with Crippen LogP contribution in [0.1, 0.15) is 51.3 Å². The maximum absolute atomic E-state index is 12.3. The van der Waals surface area contributed by atoms with Crippen molar-refractivity contribution in [2.75, 3.05) is 33.2 Å². The number of piperidine rings is 1. The molecule has 1 amide bonds. The predicted octanol–water partition coefficient (Wildman–Crippen LogP) is 3.66. The molecule has 1 saturated heterocycles. The van der Waals surface area contributed by atoms with E-state index in [2.05, 4.69) is 40.1 Å². The second kappa shape index (κ2) is 9.97. The number of nitrogens with zero attached hydrogens (tertiary/aromatic N) is 2. The average molecular weight is 395 g/mol. The van der Waals surface area contributed by atoms with Crippen molar-refractivity contribution in [3.63, 3.8) is 0 Å². The fourth-order valence-corrected chi connectivity index (χ4v) is 3.89. The quantitative estimate of drug-likeness (QED) is 0.591. The number of thiophene rings is 1. The number of likely N-dealkylation sites (tertiary alicyclic amines) is 1. The van der Waals surface area contributed by atoms with Crippen LogP contribution in [0.2, 0.25) is 0 Å². The van der Waals surface area contributed by atoms with Crippen LogP contribution in [0.5, 0.6) is 0 Å². The van der Waals surface area contributed by atoms with Gasteiger partial charge in [-0.05, 0) is 51.0 Å². The van der Waals surface area contributed by atoms with Gasteiger partial charge in [0.2, 0.25) is 0 Å². The SMILES string of the molecule is CN=C(NCC1CCCN(C(=O)OC(C)(C)C)C1)NCC(C)c1cccs1. The van der Waals surface area contributed by atoms with Crippen molar-refractivity contribution in [3.05, 3.63) is 22.4 Å². The lowest BCUT2D eigenvalue weighted by atomic mass is 9.98. The van der Waals surface area contributed by atoms with E-state index < -0.39 is 5.60 Å². The first-order valence-electron chi connectivity index (χ1n) is 9.74. The van der Waals surface area contributed by atoms with E-state index >= 15 is 0 Å². The van der Waals surface area contributed by atoms with Crippen LogP contribution in [-0.2, 0) is 4.74 Å². The smallest absolute Gasteiger partial charge is 0.410 e. The van der Waals surface area contributed by atoms with Gasteiger partial charge in [0, 0.05) is 44.0 Å². The van der Waals surface area contributed by atoms with Gasteiger partial charge in [-0.1, -0.05) is 13.0 Å². The Morgan fingerprint density at radius 3 is 2.85 bits per heavy atom. The van der Waals surface area contributed by atoms with Gasteiger partial charge in [0.15, 0.2) is 5.96 Å². The van der Waals surface area contributed by atoms with Gasteiger partial charge >= 0.3 is 6.09 Å². The van der Waals surface area contributed by atoms with E-state index in [0.717, 1.165) is 45.0 Å². The minimum atomic E-state index is -0.451. The first-order chi connectivity index (χ1) is 12.8. The molecule has 7 heteroatoms. The molecule has 2 unspecified atom stereocenters. The second-order valence-electron chi connectivity index (χ2n) is 8.19. The number of hydrogen-bond donors (Lipinski definition) is 2. The molecule has 152 valence electrons. The van der Waals surface area contributed by atoms with Crippen molar-refractivity contribution in [3.8, 4) is 0 Å². The second-order valence-corrected chi connectivity index (χ2v) is 9.16. The summed E-state index contributed by atoms with van der Waals surface area (Å²) >= 11 is 1.78. The standard InChI is InChI=1S/C20H34N4O2S/c1-15(17-9-7-11-27-17)12-22-18(21-5)23-13-16-8-6-10-24(14-16)19(25)26-20(2,3)4/h7,9,11,15-16H,6,8,10,12-14H2,1-5H3,(H2,21,22,23). The summed E-state index contributed by atoms with van der Waals surface area (Å²) in [6.45, 7) is 11.1. The highest BCUT2D eigenvalue weighted by Gasteiger charge is 2.27. The van der Waals surface area contributed by atoms with E-state index in [1.54, 1.807) is 18.4 Å². The summed E-state index contributed by atoms with van der Waals surface area (Å²) in [5.41, 5.74) is -0.451. The van der Waals surface area contributed by atoms with Crippen molar-refractivity contribution in [2.24, 2.45) is 10.9 Å². The Morgan fingerprint density at radius 2 is 2.22 bits per heavy atom. The van der Waals surface area contributed by atoms with Gasteiger partial charge in [-0.25, -0.2) is 4.79 Å². The molecule has 2 rings (SSSR count). The number of nitrogens with one attached hydrogen (secondary N) is 2. The molecule has 0 bridgehead atoms. The molecule has 2 atom stereocenters. The summed E-state index contributed by atoms with van der Waals surface area (Å²) in [5.74, 6) is 1.66. The van der Waals surface area contributed by atoms with Gasteiger partial charge in [-0.2, -0.15) is 0 Å². The Bertz CT molecular complexity index is 610. The van der Waals surface area contributed by atoms with Crippen molar-refractivity contribution < 1.29 is 9.53 Å². The molecule has 2 N–H and O–H groups in total. The highest BCUT2D eigenvalue weighted by molar-refractivity contribution is 7.10. The first kappa shape index (κ1) is 21.5. The normalized spacial score (nSPS) is 19.5. The van der Waals surface area contributed by atoms with Gasteiger partial charge in [-0.3, -0.25) is 4.99 Å². The fraction of sp³-hybridized carbons (Fsp3) is 0.700. The monoisotopic (exact) mass is 394 g/mol. The minimum Gasteiger partial charge on any atom is -0.444 e. The summed E-state index contributed by atoms with van der Waals surface area (Å²) in [6, 6.07) is 4.25. The largest absolute Gasteiger partial charge is 0.444 e. The van der Waals surface area contributed by atoms with Crippen LogP contribution >= 0.6 is 11.3 Å². The Kier molecular flexibility index (Phi) is 7.95. The molecule has 0 aromatic carbocycles. The number of ether oxygens (including phenoxy) is 1. The Labute approximate surface area is 167 Å². The zero-order valence-corrected chi connectivity index (χ0v) is 18.1. The van der Waals surface area contributed by atoms with Crippen LogP contribution in [0.4, 0.5) is 4.79 Å². The van der Waals surface area contributed by atoms with Gasteiger partial charge in [0.05, 0.1) is 0 Å². The molecule has 0 radical (unpaired) electrons. The molecular formula is C20H34N4O2S. The lowest BCUT2D eigenvalue weighted by Gasteiger charge is -2.34. The molecule has 1 fully saturated rings. The summed E-state index contributed by atoms with van der Waals surface area (Å²) < 4.78 is 5.50. The van der Waals surface area contributed by atoms with Crippen LogP contribution in [0, 0.1) is 5.92 Å². The van der Waals surface area contributed by atoms with Crippen molar-refractivity contribution in [1.29, 1.82) is 0 Å². The summed E-state index contributed by atoms with van der Waals surface area (Å²) in [6.07, 6.45) is 1.90. The molecule has 6 nitrogen and oxygen atoms in total. The summed E-state index contributed by atoms with van der Waals surface area (Å²) in [5, 5.41) is 8.92. The van der Waals surface area contributed by atoms with E-state index in [-0.39, 0.29) is 6.09 Å². The maximum Gasteiger partial charge on any atom is 0.410 e. The number of amides is 1. The number of rotatable bonds is 5. The number of carbonyl (C=O) groups is 1. The zero-order valence-electron chi connectivity index (χ0n) is 17.2. The third kappa shape index (κ3) is 7.40. The van der Waals surface area contributed by atoms with Crippen LogP contribution in [0.15, 0.2) is 22.5 Å². The molecule has 0 aliphatic carbocycles. The van der Waals surface area contributed by atoms with Gasteiger partial charge < -0.3 is 20.3 Å². The molecule has 1 aliphatic rings. The lowest BCUT2D eigenvalue weighted by Crippen LogP contribution is -2.47. The van der Waals surface area contributed by atoms with E-state index in [1.165, 1.54) is 4.88 Å². The van der Waals surface area contributed by atoms with Gasteiger partial charge in [0.1, 0.15) is 5.60 Å². The molecular weight excluding hydrogens is 360 g/mol. The molecule has 0 saturated carbocycles. The minimum absolute atomic E-state index is 0.209. The molecule has 1 aromatic heterocycles. The van der Waals surface area contributed by atoms with E-state index in [4.69, 9.17) is 4.74 Å². The van der Waals surface area contributed by atoms with Crippen LogP contribution in [0.25, 0.3) is 0 Å². The first-order valence-corrected chi connectivity index (χ1v) is 10.6. The van der Waals surface area contributed by atoms with Crippen LogP contribution < -0.4 is 10.6 Å². The average Bonchev–Trinajstić information content (AvgIpc) is 3.15. The molecule has 27 heavy (non-hydrogen) atoms. The molecule has 1 aromatic rings. The van der Waals surface area contributed by atoms with Crippen molar-refractivity contribution in [2.45, 2.75) is 52.1 Å². The zero-order chi connectivity index (χ0) is 19.9. The number of guanidine groups is 1. The summed E-state index contributed by atoms with van der Waals surface area (Å²) in [7, 11) is 1.79. The molecule has 1 aliphatic heterocycles. The number of carbonyl (C=O) groups excluding carboxylic acids is 1. The third-order valence-electron chi connectivity index (χ3n) is 4.56. The van der Waals surface area contributed by atoms with E-state index in [0.29, 0.717) is 11.8 Å². The highest BCUT2D eigenvalue weighted by Crippen LogP contribution is 2.20. The Hall–Kier alpha value is -1.76. The van der Waals surface area contributed by atoms with Gasteiger partial charge in [0.25, 0.3) is 0 Å². The summed E-state index contributed by atoms with van der Waals surface area (Å²) in [4.78, 5) is 19.8. The molecule has 0 spiro atoms. The van der Waals surface area contributed by atoms with Crippen LogP contribution in [-0.4, -0.2) is 55.8 Å². The maximum atomic E-state index is 12.3. The lowest BCUT2D eigenvalue weighted by molar-refractivity contribution is 0.0168. The number of aliphatic imine (C=N–C) groups is 1. The topological polar surface area (TPSA) is 66.0 Å². The molecule has 2 heterocycles. The number of hydrogen-bond acceptors (Lipinski definition) is 4.